The second kappa shape index (κ2) is 7.45. The van der Waals surface area contributed by atoms with Crippen LogP contribution in [0.15, 0.2) is 42.5 Å². The van der Waals surface area contributed by atoms with E-state index in [9.17, 15) is 0 Å². The third-order valence-electron chi connectivity index (χ3n) is 5.25. The van der Waals surface area contributed by atoms with Crippen LogP contribution >= 0.6 is 23.2 Å². The Morgan fingerprint density at radius 2 is 1.84 bits per heavy atom. The predicted octanol–water partition coefficient (Wildman–Crippen LogP) is 4.73. The third-order valence-corrected chi connectivity index (χ3v) is 6.07. The van der Waals surface area contributed by atoms with E-state index in [4.69, 9.17) is 27.9 Å². The summed E-state index contributed by atoms with van der Waals surface area (Å²) >= 11 is 12.9. The summed E-state index contributed by atoms with van der Waals surface area (Å²) in [6.07, 6.45) is 2.20. The number of anilines is 1. The summed E-state index contributed by atoms with van der Waals surface area (Å²) in [5.74, 6) is 1.35. The number of hydrogen-bond donors (Lipinski definition) is 1. The van der Waals surface area contributed by atoms with E-state index in [1.807, 2.05) is 36.4 Å². The van der Waals surface area contributed by atoms with E-state index in [1.165, 1.54) is 11.3 Å². The van der Waals surface area contributed by atoms with Crippen molar-refractivity contribution in [1.82, 2.24) is 5.32 Å². The van der Waals surface area contributed by atoms with Crippen LogP contribution in [0, 0.1) is 0 Å². The molecule has 4 rings (SSSR count). The van der Waals surface area contributed by atoms with Crippen LogP contribution in [0.5, 0.6) is 5.75 Å². The predicted molar refractivity (Wildman–Crippen MR) is 104 cm³/mol. The second-order valence-corrected chi connectivity index (χ2v) is 7.44. The molecule has 25 heavy (non-hydrogen) atoms. The van der Waals surface area contributed by atoms with E-state index in [1.54, 1.807) is 0 Å². The van der Waals surface area contributed by atoms with Crippen LogP contribution in [-0.4, -0.2) is 32.3 Å². The molecule has 2 aliphatic heterocycles. The lowest BCUT2D eigenvalue weighted by atomic mass is 9.91. The minimum atomic E-state index is 0.438. The molecule has 1 saturated heterocycles. The first-order valence-electron chi connectivity index (χ1n) is 8.89. The van der Waals surface area contributed by atoms with Gasteiger partial charge in [0, 0.05) is 23.2 Å². The molecule has 132 valence electrons. The van der Waals surface area contributed by atoms with Crippen molar-refractivity contribution in [1.29, 1.82) is 0 Å². The van der Waals surface area contributed by atoms with Gasteiger partial charge in [-0.15, -0.1) is 0 Å². The number of benzene rings is 2. The Kier molecular flexibility index (Phi) is 5.07. The van der Waals surface area contributed by atoms with Gasteiger partial charge in [-0.25, -0.2) is 0 Å². The largest absolute Gasteiger partial charge is 0.492 e. The second-order valence-electron chi connectivity index (χ2n) is 6.65. The van der Waals surface area contributed by atoms with Crippen LogP contribution in [0.2, 0.25) is 10.0 Å². The van der Waals surface area contributed by atoms with Crippen molar-refractivity contribution >= 4 is 28.9 Å². The molecular weight excluding hydrogens is 355 g/mol. The fourth-order valence-electron chi connectivity index (χ4n) is 4.14. The van der Waals surface area contributed by atoms with E-state index < -0.39 is 0 Å². The molecule has 2 heterocycles. The highest BCUT2D eigenvalue weighted by Gasteiger charge is 2.40. The van der Waals surface area contributed by atoms with Gasteiger partial charge in [-0.1, -0.05) is 41.4 Å². The van der Waals surface area contributed by atoms with Gasteiger partial charge in [-0.2, -0.15) is 0 Å². The van der Waals surface area contributed by atoms with Crippen LogP contribution < -0.4 is 15.0 Å². The Balaban J connectivity index is 1.57. The highest BCUT2D eigenvalue weighted by atomic mass is 35.5. The molecule has 5 heteroatoms. The minimum Gasteiger partial charge on any atom is -0.492 e. The first kappa shape index (κ1) is 17.0. The summed E-state index contributed by atoms with van der Waals surface area (Å²) in [4.78, 5) is 2.47. The van der Waals surface area contributed by atoms with E-state index in [0.29, 0.717) is 23.6 Å². The molecule has 1 N–H and O–H groups in total. The number of nitrogens with one attached hydrogen (secondary N) is 1. The van der Waals surface area contributed by atoms with Crippen LogP contribution in [0.4, 0.5) is 5.69 Å². The SMILES string of the molecule is Clc1ccc2c(c1Cl)[C@@H]1CCNCC[C@@H]1N2CCOc1ccccc1. The molecule has 2 aliphatic rings. The number of halogens is 2. The molecule has 0 unspecified atom stereocenters. The van der Waals surface area contributed by atoms with Gasteiger partial charge in [0.1, 0.15) is 12.4 Å². The van der Waals surface area contributed by atoms with Gasteiger partial charge in [-0.3, -0.25) is 0 Å². The maximum Gasteiger partial charge on any atom is 0.119 e. The fourth-order valence-corrected chi connectivity index (χ4v) is 4.60. The zero-order valence-electron chi connectivity index (χ0n) is 14.1. The van der Waals surface area contributed by atoms with Gasteiger partial charge in [-0.05, 0) is 50.2 Å². The average molecular weight is 377 g/mol. The Morgan fingerprint density at radius 1 is 1.04 bits per heavy atom. The zero-order valence-corrected chi connectivity index (χ0v) is 15.6. The number of nitrogens with zero attached hydrogens (tertiary/aromatic N) is 1. The van der Waals surface area contributed by atoms with Gasteiger partial charge >= 0.3 is 0 Å². The minimum absolute atomic E-state index is 0.438. The molecule has 1 fully saturated rings. The number of ether oxygens (including phenoxy) is 1. The monoisotopic (exact) mass is 376 g/mol. The molecule has 0 spiro atoms. The first-order chi connectivity index (χ1) is 12.3. The van der Waals surface area contributed by atoms with Gasteiger partial charge in [0.15, 0.2) is 0 Å². The Hall–Kier alpha value is -1.42. The molecule has 0 aromatic heterocycles. The summed E-state index contributed by atoms with van der Waals surface area (Å²) in [7, 11) is 0. The van der Waals surface area contributed by atoms with Crippen molar-refractivity contribution in [3.8, 4) is 5.75 Å². The maximum atomic E-state index is 6.60. The van der Waals surface area contributed by atoms with Crippen molar-refractivity contribution in [2.24, 2.45) is 0 Å². The van der Waals surface area contributed by atoms with Crippen molar-refractivity contribution in [2.75, 3.05) is 31.1 Å². The number of hydrogen-bond acceptors (Lipinski definition) is 3. The summed E-state index contributed by atoms with van der Waals surface area (Å²) in [5, 5.41) is 4.89. The van der Waals surface area contributed by atoms with Gasteiger partial charge < -0.3 is 15.0 Å². The van der Waals surface area contributed by atoms with E-state index in [-0.39, 0.29) is 0 Å². The molecule has 0 aliphatic carbocycles. The Labute approximate surface area is 158 Å². The highest BCUT2D eigenvalue weighted by Crippen LogP contribution is 2.49. The number of fused-ring (bicyclic) bond motifs is 3. The van der Waals surface area contributed by atoms with Gasteiger partial charge in [0.25, 0.3) is 0 Å². The van der Waals surface area contributed by atoms with Crippen molar-refractivity contribution in [2.45, 2.75) is 24.8 Å². The summed E-state index contributed by atoms with van der Waals surface area (Å²) in [6.45, 7) is 3.57. The molecule has 2 atom stereocenters. The van der Waals surface area contributed by atoms with E-state index in [2.05, 4.69) is 16.3 Å². The lowest BCUT2D eigenvalue weighted by molar-refractivity contribution is 0.317. The quantitative estimate of drug-likeness (QED) is 0.834. The van der Waals surface area contributed by atoms with E-state index >= 15 is 0 Å². The van der Waals surface area contributed by atoms with Crippen LogP contribution in [0.3, 0.4) is 0 Å². The molecule has 3 nitrogen and oxygen atoms in total. The van der Waals surface area contributed by atoms with Gasteiger partial charge in [0.2, 0.25) is 0 Å². The topological polar surface area (TPSA) is 24.5 Å². The molecule has 0 radical (unpaired) electrons. The number of rotatable bonds is 4. The summed E-state index contributed by atoms with van der Waals surface area (Å²) in [6, 6.07) is 14.5. The van der Waals surface area contributed by atoms with E-state index in [0.717, 1.165) is 43.2 Å². The molecule has 0 saturated carbocycles. The normalized spacial score (nSPS) is 22.2. The lowest BCUT2D eigenvalue weighted by Crippen LogP contribution is -2.37. The fraction of sp³-hybridized carbons (Fsp3) is 0.400. The first-order valence-corrected chi connectivity index (χ1v) is 9.64. The molecule has 2 aromatic carbocycles. The standard InChI is InChI=1S/C20H22Cl2N2O/c21-16-6-7-18-19(20(16)22)15-8-10-23-11-9-17(15)24(18)12-13-25-14-4-2-1-3-5-14/h1-7,15,17,23H,8-13H2/t15-,17+/m1/s1. The molecule has 2 aromatic rings. The van der Waals surface area contributed by atoms with Crippen molar-refractivity contribution in [3.05, 3.63) is 58.1 Å². The smallest absolute Gasteiger partial charge is 0.119 e. The van der Waals surface area contributed by atoms with Crippen LogP contribution in [-0.2, 0) is 0 Å². The highest BCUT2D eigenvalue weighted by molar-refractivity contribution is 6.42. The number of para-hydroxylation sites is 1. The average Bonchev–Trinajstić information content (AvgIpc) is 2.78. The summed E-state index contributed by atoms with van der Waals surface area (Å²) < 4.78 is 5.93. The third kappa shape index (κ3) is 3.33. The van der Waals surface area contributed by atoms with Crippen LogP contribution in [0.1, 0.15) is 24.3 Å². The molecular formula is C20H22Cl2N2O. The maximum absolute atomic E-state index is 6.60. The zero-order chi connectivity index (χ0) is 17.2. The van der Waals surface area contributed by atoms with Crippen molar-refractivity contribution < 1.29 is 4.74 Å². The lowest BCUT2D eigenvalue weighted by Gasteiger charge is -2.29. The molecule has 0 bridgehead atoms. The molecule has 0 amide bonds. The Morgan fingerprint density at radius 3 is 2.68 bits per heavy atom. The summed E-state index contributed by atoms with van der Waals surface area (Å²) in [5.41, 5.74) is 2.45. The van der Waals surface area contributed by atoms with Gasteiger partial charge in [0.05, 0.1) is 16.6 Å². The van der Waals surface area contributed by atoms with Crippen LogP contribution in [0.25, 0.3) is 0 Å². The Bertz CT molecular complexity index is 738. The van der Waals surface area contributed by atoms with Crippen molar-refractivity contribution in [3.63, 3.8) is 0 Å².